The van der Waals surface area contributed by atoms with Crippen LogP contribution in [0.1, 0.15) is 28.8 Å². The van der Waals surface area contributed by atoms with Crippen LogP contribution in [0.15, 0.2) is 24.3 Å². The molecule has 1 aromatic carbocycles. The Kier molecular flexibility index (Phi) is 6.60. The number of sulfonamides is 1. The van der Waals surface area contributed by atoms with E-state index in [0.29, 0.717) is 26.2 Å². The minimum Gasteiger partial charge on any atom is -0.478 e. The fourth-order valence-corrected chi connectivity index (χ4v) is 3.43. The summed E-state index contributed by atoms with van der Waals surface area (Å²) in [6, 6.07) is 6.15. The lowest BCUT2D eigenvalue weighted by molar-refractivity contribution is 0.0696. The molecule has 1 atom stereocenters. The molecule has 1 unspecified atom stereocenters. The second-order valence-corrected chi connectivity index (χ2v) is 8.75. The number of nitrogens with one attached hydrogen (secondary N) is 1. The maximum absolute atomic E-state index is 12.4. The van der Waals surface area contributed by atoms with Gasteiger partial charge >= 0.3 is 12.0 Å². The van der Waals surface area contributed by atoms with Crippen LogP contribution in [0.25, 0.3) is 0 Å². The molecule has 0 radical (unpaired) electrons. The molecular weight excluding hydrogens is 358 g/mol. The summed E-state index contributed by atoms with van der Waals surface area (Å²) < 4.78 is 24.4. The molecule has 0 spiro atoms. The van der Waals surface area contributed by atoms with Gasteiger partial charge in [-0.2, -0.15) is 0 Å². The van der Waals surface area contributed by atoms with E-state index in [1.165, 1.54) is 22.7 Å². The molecule has 1 heterocycles. The van der Waals surface area contributed by atoms with Crippen molar-refractivity contribution in [3.63, 3.8) is 0 Å². The number of benzene rings is 1. The maximum atomic E-state index is 12.4. The number of hydrogen-bond donors (Lipinski definition) is 2. The van der Waals surface area contributed by atoms with Crippen molar-refractivity contribution in [2.24, 2.45) is 5.92 Å². The van der Waals surface area contributed by atoms with Gasteiger partial charge in [-0.05, 0) is 36.5 Å². The van der Waals surface area contributed by atoms with Crippen LogP contribution < -0.4 is 5.32 Å². The fraction of sp³-hybridized carbons (Fsp3) is 0.529. The lowest BCUT2D eigenvalue weighted by Crippen LogP contribution is -2.47. The molecule has 2 rings (SSSR count). The van der Waals surface area contributed by atoms with Gasteiger partial charge in [-0.25, -0.2) is 22.3 Å². The lowest BCUT2D eigenvalue weighted by Gasteiger charge is -2.34. The topological polar surface area (TPSA) is 107 Å². The molecule has 2 N–H and O–H groups in total. The van der Waals surface area contributed by atoms with E-state index < -0.39 is 16.0 Å². The predicted molar refractivity (Wildman–Crippen MR) is 97.4 cm³/mol. The molecule has 1 aromatic rings. The van der Waals surface area contributed by atoms with Crippen LogP contribution in [0, 0.1) is 5.92 Å². The second-order valence-electron chi connectivity index (χ2n) is 6.66. The summed E-state index contributed by atoms with van der Waals surface area (Å²) in [5, 5.41) is 11.7. The number of carbonyl (C=O) groups excluding carboxylic acids is 1. The van der Waals surface area contributed by atoms with E-state index in [0.717, 1.165) is 18.4 Å². The average molecular weight is 383 g/mol. The summed E-state index contributed by atoms with van der Waals surface area (Å²) in [5.74, 6) is -0.872. The van der Waals surface area contributed by atoms with Crippen LogP contribution in [0.2, 0.25) is 0 Å². The van der Waals surface area contributed by atoms with Gasteiger partial charge in [0.2, 0.25) is 10.0 Å². The van der Waals surface area contributed by atoms with Crippen molar-refractivity contribution >= 4 is 22.0 Å². The smallest absolute Gasteiger partial charge is 0.335 e. The molecule has 26 heavy (non-hydrogen) atoms. The van der Waals surface area contributed by atoms with Gasteiger partial charge < -0.3 is 15.3 Å². The predicted octanol–water partition coefficient (Wildman–Crippen LogP) is 1.20. The highest BCUT2D eigenvalue weighted by Crippen LogP contribution is 2.18. The van der Waals surface area contributed by atoms with Gasteiger partial charge in [0.25, 0.3) is 0 Å². The highest BCUT2D eigenvalue weighted by atomic mass is 32.2. The Balaban J connectivity index is 1.85. The Morgan fingerprint density at radius 1 is 1.31 bits per heavy atom. The zero-order chi connectivity index (χ0) is 19.3. The minimum absolute atomic E-state index is 0.115. The van der Waals surface area contributed by atoms with E-state index in [4.69, 9.17) is 5.11 Å². The van der Waals surface area contributed by atoms with E-state index in [-0.39, 0.29) is 17.5 Å². The standard InChI is InChI=1S/C17H25N3O5S/c1-19(26(2,24)25)11-14-4-3-9-20(12-14)17(23)18-10-13-5-7-15(8-6-13)16(21)22/h5-8,14H,3-4,9-12H2,1-2H3,(H,18,23)(H,21,22). The van der Waals surface area contributed by atoms with Crippen molar-refractivity contribution in [3.8, 4) is 0 Å². The van der Waals surface area contributed by atoms with Crippen molar-refractivity contribution < 1.29 is 23.1 Å². The Hall–Kier alpha value is -2.13. The van der Waals surface area contributed by atoms with Gasteiger partial charge in [0, 0.05) is 33.2 Å². The first-order valence-corrected chi connectivity index (χ1v) is 10.3. The number of amides is 2. The first-order chi connectivity index (χ1) is 12.2. The first-order valence-electron chi connectivity index (χ1n) is 8.43. The first kappa shape index (κ1) is 20.2. The van der Waals surface area contributed by atoms with Crippen molar-refractivity contribution in [1.82, 2.24) is 14.5 Å². The van der Waals surface area contributed by atoms with Gasteiger partial charge in [0.1, 0.15) is 0 Å². The molecule has 0 bridgehead atoms. The zero-order valence-electron chi connectivity index (χ0n) is 15.0. The van der Waals surface area contributed by atoms with E-state index in [2.05, 4.69) is 5.32 Å². The monoisotopic (exact) mass is 383 g/mol. The Morgan fingerprint density at radius 3 is 2.54 bits per heavy atom. The summed E-state index contributed by atoms with van der Waals surface area (Å²) in [5.41, 5.74) is 1.02. The highest BCUT2D eigenvalue weighted by Gasteiger charge is 2.26. The highest BCUT2D eigenvalue weighted by molar-refractivity contribution is 7.88. The molecule has 1 aliphatic rings. The number of hydrogen-bond acceptors (Lipinski definition) is 4. The Morgan fingerprint density at radius 2 is 1.96 bits per heavy atom. The number of piperidine rings is 1. The molecule has 1 saturated heterocycles. The molecule has 0 aliphatic carbocycles. The zero-order valence-corrected chi connectivity index (χ0v) is 15.8. The van der Waals surface area contributed by atoms with Crippen LogP contribution in [-0.2, 0) is 16.6 Å². The summed E-state index contributed by atoms with van der Waals surface area (Å²) >= 11 is 0. The van der Waals surface area contributed by atoms with E-state index in [9.17, 15) is 18.0 Å². The molecule has 8 nitrogen and oxygen atoms in total. The summed E-state index contributed by atoms with van der Waals surface area (Å²) in [6.45, 7) is 1.87. The molecule has 144 valence electrons. The second kappa shape index (κ2) is 8.50. The van der Waals surface area contributed by atoms with Crippen molar-refractivity contribution in [3.05, 3.63) is 35.4 Å². The minimum atomic E-state index is -3.22. The third-order valence-electron chi connectivity index (χ3n) is 4.53. The number of aromatic carboxylic acids is 1. The van der Waals surface area contributed by atoms with Gasteiger partial charge in [0.15, 0.2) is 0 Å². The third-order valence-corrected chi connectivity index (χ3v) is 5.81. The van der Waals surface area contributed by atoms with Crippen molar-refractivity contribution in [1.29, 1.82) is 0 Å². The van der Waals surface area contributed by atoms with Crippen LogP contribution in [0.4, 0.5) is 4.79 Å². The number of urea groups is 1. The molecule has 0 saturated carbocycles. The van der Waals surface area contributed by atoms with Crippen LogP contribution in [-0.4, -0.2) is 67.7 Å². The summed E-state index contributed by atoms with van der Waals surface area (Å²) in [6.07, 6.45) is 2.90. The van der Waals surface area contributed by atoms with Crippen molar-refractivity contribution in [2.45, 2.75) is 19.4 Å². The third kappa shape index (κ3) is 5.70. The number of carbonyl (C=O) groups is 2. The number of nitrogens with zero attached hydrogens (tertiary/aromatic N) is 2. The summed E-state index contributed by atoms with van der Waals surface area (Å²) in [7, 11) is -1.67. The Labute approximate surface area is 153 Å². The largest absolute Gasteiger partial charge is 0.478 e. The van der Waals surface area contributed by atoms with Crippen LogP contribution in [0.3, 0.4) is 0 Å². The number of likely N-dealkylation sites (tertiary alicyclic amines) is 1. The number of carboxylic acid groups (broad SMARTS) is 1. The van der Waals surface area contributed by atoms with Gasteiger partial charge in [-0.1, -0.05) is 12.1 Å². The fourth-order valence-electron chi connectivity index (χ4n) is 2.95. The molecule has 1 fully saturated rings. The van der Waals surface area contributed by atoms with Gasteiger partial charge in [-0.15, -0.1) is 0 Å². The average Bonchev–Trinajstić information content (AvgIpc) is 2.59. The molecule has 0 aromatic heterocycles. The van der Waals surface area contributed by atoms with E-state index in [1.807, 2.05) is 0 Å². The SMILES string of the molecule is CN(CC1CCCN(C(=O)NCc2ccc(C(=O)O)cc2)C1)S(C)(=O)=O. The van der Waals surface area contributed by atoms with Crippen LogP contribution in [0.5, 0.6) is 0 Å². The molecule has 2 amide bonds. The number of carboxylic acids is 1. The van der Waals surface area contributed by atoms with E-state index >= 15 is 0 Å². The summed E-state index contributed by atoms with van der Waals surface area (Å²) in [4.78, 5) is 24.9. The van der Waals surface area contributed by atoms with Crippen molar-refractivity contribution in [2.75, 3.05) is 32.9 Å². The van der Waals surface area contributed by atoms with Gasteiger partial charge in [0.05, 0.1) is 11.8 Å². The van der Waals surface area contributed by atoms with Gasteiger partial charge in [-0.3, -0.25) is 0 Å². The lowest BCUT2D eigenvalue weighted by atomic mass is 9.98. The Bertz CT molecular complexity index is 748. The van der Waals surface area contributed by atoms with E-state index in [1.54, 1.807) is 24.1 Å². The van der Waals surface area contributed by atoms with Crippen LogP contribution >= 0.6 is 0 Å². The molecule has 9 heteroatoms. The molecule has 1 aliphatic heterocycles. The molecular formula is C17H25N3O5S. The normalized spacial score (nSPS) is 18.0. The number of rotatable bonds is 6. The maximum Gasteiger partial charge on any atom is 0.335 e. The quantitative estimate of drug-likeness (QED) is 0.768.